The fourth-order valence-electron chi connectivity index (χ4n) is 3.14. The Morgan fingerprint density at radius 2 is 2.11 bits per heavy atom. The average Bonchev–Trinajstić information content (AvgIpc) is 2.85. The van der Waals surface area contributed by atoms with Crippen molar-refractivity contribution in [2.24, 2.45) is 5.92 Å². The number of carbonyl (C=O) groups is 1. The quantitative estimate of drug-likeness (QED) is 0.877. The first-order valence-corrected chi connectivity index (χ1v) is 6.98. The second-order valence-corrected chi connectivity index (χ2v) is 5.56. The molecule has 1 aromatic rings. The molecule has 0 saturated carbocycles. The van der Waals surface area contributed by atoms with Gasteiger partial charge in [-0.1, -0.05) is 12.1 Å². The van der Waals surface area contributed by atoms with Crippen LogP contribution in [0.3, 0.4) is 0 Å². The van der Waals surface area contributed by atoms with Crippen molar-refractivity contribution in [3.8, 4) is 0 Å². The molecule has 0 aromatic heterocycles. The minimum Gasteiger partial charge on any atom is -0.341 e. The predicted octanol–water partition coefficient (Wildman–Crippen LogP) is 1.58. The third-order valence-corrected chi connectivity index (χ3v) is 4.22. The first-order valence-electron chi connectivity index (χ1n) is 6.98. The van der Waals surface area contributed by atoms with E-state index in [9.17, 15) is 9.18 Å². The van der Waals surface area contributed by atoms with Crippen LogP contribution >= 0.6 is 0 Å². The Balaban J connectivity index is 1.60. The monoisotopic (exact) mass is 262 g/mol. The van der Waals surface area contributed by atoms with Crippen LogP contribution in [0.2, 0.25) is 0 Å². The number of nitrogens with zero attached hydrogens (tertiary/aromatic N) is 1. The molecule has 2 aliphatic heterocycles. The molecule has 0 bridgehead atoms. The van der Waals surface area contributed by atoms with Gasteiger partial charge in [-0.2, -0.15) is 0 Å². The van der Waals surface area contributed by atoms with E-state index in [1.54, 1.807) is 12.1 Å². The van der Waals surface area contributed by atoms with Crippen LogP contribution in [0.1, 0.15) is 18.4 Å². The van der Waals surface area contributed by atoms with Gasteiger partial charge in [-0.25, -0.2) is 4.39 Å². The SMILES string of the molecule is O=C(Cc1ccc(F)cc1)N1C[C@@H]2CCCN[C@@H]2C1. The summed E-state index contributed by atoms with van der Waals surface area (Å²) in [7, 11) is 0. The highest BCUT2D eigenvalue weighted by Gasteiger charge is 2.36. The molecule has 2 atom stereocenters. The van der Waals surface area contributed by atoms with Crippen molar-refractivity contribution in [1.29, 1.82) is 0 Å². The fourth-order valence-corrected chi connectivity index (χ4v) is 3.14. The Kier molecular flexibility index (Phi) is 3.51. The lowest BCUT2D eigenvalue weighted by molar-refractivity contribution is -0.129. The zero-order valence-electron chi connectivity index (χ0n) is 10.9. The van der Waals surface area contributed by atoms with Gasteiger partial charge in [0.25, 0.3) is 0 Å². The van der Waals surface area contributed by atoms with Crippen molar-refractivity contribution in [3.05, 3.63) is 35.6 Å². The topological polar surface area (TPSA) is 32.3 Å². The van der Waals surface area contributed by atoms with Crippen LogP contribution in [0.4, 0.5) is 4.39 Å². The number of hydrogen-bond acceptors (Lipinski definition) is 2. The summed E-state index contributed by atoms with van der Waals surface area (Å²) in [5.74, 6) is 0.515. The normalized spacial score (nSPS) is 26.3. The number of hydrogen-bond donors (Lipinski definition) is 1. The highest BCUT2D eigenvalue weighted by molar-refractivity contribution is 5.79. The van der Waals surface area contributed by atoms with Crippen molar-refractivity contribution in [3.63, 3.8) is 0 Å². The van der Waals surface area contributed by atoms with Gasteiger partial charge >= 0.3 is 0 Å². The lowest BCUT2D eigenvalue weighted by Gasteiger charge is -2.24. The smallest absolute Gasteiger partial charge is 0.227 e. The molecule has 3 rings (SSSR count). The number of fused-ring (bicyclic) bond motifs is 1. The summed E-state index contributed by atoms with van der Waals surface area (Å²) in [5.41, 5.74) is 0.884. The van der Waals surface area contributed by atoms with E-state index in [1.165, 1.54) is 25.0 Å². The second kappa shape index (κ2) is 5.29. The Bertz CT molecular complexity index is 446. The second-order valence-electron chi connectivity index (χ2n) is 5.56. The van der Waals surface area contributed by atoms with Crippen LogP contribution in [0, 0.1) is 11.7 Å². The molecule has 1 N–H and O–H groups in total. The van der Waals surface area contributed by atoms with Gasteiger partial charge in [-0.3, -0.25) is 4.79 Å². The van der Waals surface area contributed by atoms with E-state index in [4.69, 9.17) is 0 Å². The van der Waals surface area contributed by atoms with E-state index in [-0.39, 0.29) is 11.7 Å². The van der Waals surface area contributed by atoms with Gasteiger partial charge < -0.3 is 10.2 Å². The fraction of sp³-hybridized carbons (Fsp3) is 0.533. The van der Waals surface area contributed by atoms with Crippen LogP contribution in [0.5, 0.6) is 0 Å². The highest BCUT2D eigenvalue weighted by atomic mass is 19.1. The summed E-state index contributed by atoms with van der Waals surface area (Å²) in [5, 5.41) is 3.49. The molecular weight excluding hydrogens is 243 g/mol. The van der Waals surface area contributed by atoms with Crippen molar-refractivity contribution in [1.82, 2.24) is 10.2 Å². The predicted molar refractivity (Wildman–Crippen MR) is 71.2 cm³/mol. The van der Waals surface area contributed by atoms with E-state index in [1.807, 2.05) is 4.90 Å². The van der Waals surface area contributed by atoms with Crippen molar-refractivity contribution >= 4 is 5.91 Å². The summed E-state index contributed by atoms with van der Waals surface area (Å²) >= 11 is 0. The summed E-state index contributed by atoms with van der Waals surface area (Å²) in [6.07, 6.45) is 2.80. The maximum atomic E-state index is 12.8. The van der Waals surface area contributed by atoms with E-state index in [0.717, 1.165) is 25.2 Å². The molecule has 0 aliphatic carbocycles. The number of likely N-dealkylation sites (tertiary alicyclic amines) is 1. The van der Waals surface area contributed by atoms with Crippen LogP contribution in [-0.2, 0) is 11.2 Å². The molecule has 4 heteroatoms. The number of nitrogens with one attached hydrogen (secondary N) is 1. The van der Waals surface area contributed by atoms with Crippen LogP contribution in [0.25, 0.3) is 0 Å². The van der Waals surface area contributed by atoms with E-state index >= 15 is 0 Å². The molecule has 2 aliphatic rings. The molecule has 0 radical (unpaired) electrons. The highest BCUT2D eigenvalue weighted by Crippen LogP contribution is 2.25. The summed E-state index contributed by atoms with van der Waals surface area (Å²) in [4.78, 5) is 14.2. The molecule has 3 nitrogen and oxygen atoms in total. The Labute approximate surface area is 112 Å². The van der Waals surface area contributed by atoms with E-state index < -0.39 is 0 Å². The Morgan fingerprint density at radius 3 is 2.84 bits per heavy atom. The van der Waals surface area contributed by atoms with Gasteiger partial charge in [0.15, 0.2) is 0 Å². The first-order chi connectivity index (χ1) is 9.22. The minimum absolute atomic E-state index is 0.155. The molecular formula is C15H19FN2O. The molecule has 2 saturated heterocycles. The molecule has 102 valence electrons. The van der Waals surface area contributed by atoms with Crippen molar-refractivity contribution in [2.45, 2.75) is 25.3 Å². The third kappa shape index (κ3) is 2.78. The van der Waals surface area contributed by atoms with Gasteiger partial charge in [0, 0.05) is 19.1 Å². The van der Waals surface area contributed by atoms with Crippen LogP contribution in [-0.4, -0.2) is 36.5 Å². The lowest BCUT2D eigenvalue weighted by atomic mass is 9.94. The largest absolute Gasteiger partial charge is 0.341 e. The standard InChI is InChI=1S/C15H19FN2O/c16-13-5-3-11(4-6-13)8-15(19)18-9-12-2-1-7-17-14(12)10-18/h3-6,12,14,17H,1-2,7-10H2/t12-,14+/m0/s1. The number of benzene rings is 1. The maximum absolute atomic E-state index is 12.8. The number of halogens is 1. The van der Waals surface area contributed by atoms with E-state index in [2.05, 4.69) is 5.32 Å². The number of carbonyl (C=O) groups excluding carboxylic acids is 1. The zero-order chi connectivity index (χ0) is 13.2. The Morgan fingerprint density at radius 1 is 1.32 bits per heavy atom. The van der Waals surface area contributed by atoms with Crippen LogP contribution < -0.4 is 5.32 Å². The van der Waals surface area contributed by atoms with Gasteiger partial charge in [0.05, 0.1) is 6.42 Å². The first kappa shape index (κ1) is 12.6. The zero-order valence-corrected chi connectivity index (χ0v) is 10.9. The minimum atomic E-state index is -0.257. The van der Waals surface area contributed by atoms with Gasteiger partial charge in [0.1, 0.15) is 5.82 Å². The van der Waals surface area contributed by atoms with Gasteiger partial charge in [-0.15, -0.1) is 0 Å². The molecule has 2 heterocycles. The molecule has 0 spiro atoms. The van der Waals surface area contributed by atoms with Crippen molar-refractivity contribution in [2.75, 3.05) is 19.6 Å². The van der Waals surface area contributed by atoms with Gasteiger partial charge in [0.2, 0.25) is 5.91 Å². The summed E-state index contributed by atoms with van der Waals surface area (Å²) in [6.45, 7) is 2.77. The average molecular weight is 262 g/mol. The molecule has 2 fully saturated rings. The Hall–Kier alpha value is -1.42. The summed E-state index contributed by atoms with van der Waals surface area (Å²) in [6, 6.07) is 6.68. The summed E-state index contributed by atoms with van der Waals surface area (Å²) < 4.78 is 12.8. The molecule has 0 unspecified atom stereocenters. The van der Waals surface area contributed by atoms with Crippen molar-refractivity contribution < 1.29 is 9.18 Å². The lowest BCUT2D eigenvalue weighted by Crippen LogP contribution is -2.41. The number of rotatable bonds is 2. The third-order valence-electron chi connectivity index (χ3n) is 4.22. The number of piperidine rings is 1. The molecule has 1 aromatic carbocycles. The van der Waals surface area contributed by atoms with E-state index in [0.29, 0.717) is 18.4 Å². The number of amides is 1. The molecule has 1 amide bonds. The molecule has 19 heavy (non-hydrogen) atoms. The van der Waals surface area contributed by atoms with Crippen LogP contribution in [0.15, 0.2) is 24.3 Å². The maximum Gasteiger partial charge on any atom is 0.227 e. The van der Waals surface area contributed by atoms with Gasteiger partial charge in [-0.05, 0) is 43.0 Å².